The predicted molar refractivity (Wildman–Crippen MR) is 124 cm³/mol. The van der Waals surface area contributed by atoms with Crippen LogP contribution < -0.4 is 5.32 Å². The standard InChI is InChI=1S/C23H24F5N5O2S/c24-36(25,26,27,28)17-3-1-15(2-4-17)21(34)33-9-6-14(7-10-33)18-5-8-29-20-19(18)31-22(32-20)23-11-16(12-35-23)30-13-23/h1-5,8,14,16,30H,6-7,9-13H2,(H,29,31,32). The number of H-pyrrole nitrogens is 1. The van der Waals surface area contributed by atoms with E-state index in [2.05, 4.69) is 15.3 Å². The number of aromatic nitrogens is 3. The van der Waals surface area contributed by atoms with Gasteiger partial charge in [0.15, 0.2) is 5.65 Å². The van der Waals surface area contributed by atoms with Crippen molar-refractivity contribution in [3.8, 4) is 0 Å². The molecule has 2 unspecified atom stereocenters. The van der Waals surface area contributed by atoms with Crippen LogP contribution in [0.4, 0.5) is 19.4 Å². The lowest BCUT2D eigenvalue weighted by atomic mass is 9.89. The van der Waals surface area contributed by atoms with Crippen LogP contribution in [-0.4, -0.2) is 58.0 Å². The summed E-state index contributed by atoms with van der Waals surface area (Å²) >= 11 is 0. The molecule has 2 N–H and O–H groups in total. The third-order valence-corrected chi connectivity index (χ3v) is 8.60. The highest BCUT2D eigenvalue weighted by Gasteiger charge is 2.65. The highest BCUT2D eigenvalue weighted by Crippen LogP contribution is 3.02. The van der Waals surface area contributed by atoms with Crippen molar-refractivity contribution in [3.63, 3.8) is 0 Å². The van der Waals surface area contributed by atoms with Crippen molar-refractivity contribution in [2.75, 3.05) is 26.2 Å². The molecule has 3 aliphatic rings. The molecule has 2 bridgehead atoms. The topological polar surface area (TPSA) is 83.1 Å². The summed E-state index contributed by atoms with van der Waals surface area (Å²) in [5, 5.41) is 3.43. The number of piperidine rings is 1. The van der Waals surface area contributed by atoms with Crippen LogP contribution in [0.3, 0.4) is 0 Å². The van der Waals surface area contributed by atoms with Crippen LogP contribution in [0.15, 0.2) is 41.4 Å². The van der Waals surface area contributed by atoms with E-state index in [1.54, 1.807) is 6.20 Å². The lowest BCUT2D eigenvalue weighted by Crippen LogP contribution is -2.38. The minimum atomic E-state index is -9.77. The number of imidazole rings is 1. The predicted octanol–water partition coefficient (Wildman–Crippen LogP) is 5.22. The van der Waals surface area contributed by atoms with E-state index in [-0.39, 0.29) is 23.6 Å². The number of likely N-dealkylation sites (tertiary alicyclic amines) is 1. The number of benzene rings is 1. The SMILES string of the molecule is O=C(c1ccc(S(F)(F)(F)(F)F)cc1)N1CCC(c2ccnc3nc(C45CNC(CO4)C5)[nH]c23)CC1. The third-order valence-electron chi connectivity index (χ3n) is 7.44. The van der Waals surface area contributed by atoms with E-state index in [0.29, 0.717) is 50.8 Å². The average molecular weight is 530 g/mol. The van der Waals surface area contributed by atoms with Crippen LogP contribution in [0.2, 0.25) is 0 Å². The van der Waals surface area contributed by atoms with Gasteiger partial charge >= 0.3 is 10.2 Å². The lowest BCUT2D eigenvalue weighted by molar-refractivity contribution is -0.0154. The number of pyridine rings is 1. The number of hydrogen-bond acceptors (Lipinski definition) is 5. The molecule has 0 saturated carbocycles. The van der Waals surface area contributed by atoms with E-state index in [1.165, 1.54) is 4.90 Å². The van der Waals surface area contributed by atoms with Gasteiger partial charge in [0, 0.05) is 43.9 Å². The highest BCUT2D eigenvalue weighted by atomic mass is 32.5. The van der Waals surface area contributed by atoms with E-state index in [0.717, 1.165) is 35.5 Å². The molecule has 36 heavy (non-hydrogen) atoms. The maximum Gasteiger partial charge on any atom is 0.310 e. The Morgan fingerprint density at radius 1 is 1.08 bits per heavy atom. The number of nitrogens with one attached hydrogen (secondary N) is 2. The Bertz CT molecular complexity index is 1350. The molecule has 2 aromatic heterocycles. The van der Waals surface area contributed by atoms with Gasteiger partial charge in [-0.25, -0.2) is 9.97 Å². The molecule has 3 fully saturated rings. The zero-order valence-electron chi connectivity index (χ0n) is 19.0. The van der Waals surface area contributed by atoms with Gasteiger partial charge in [0.25, 0.3) is 5.91 Å². The Hall–Kier alpha value is -2.77. The molecular formula is C23H24F5N5O2S. The van der Waals surface area contributed by atoms with E-state index < -0.39 is 26.6 Å². The van der Waals surface area contributed by atoms with Crippen LogP contribution in [-0.2, 0) is 10.3 Å². The fourth-order valence-electron chi connectivity index (χ4n) is 5.51. The Kier molecular flexibility index (Phi) is 4.70. The van der Waals surface area contributed by atoms with Gasteiger partial charge in [-0.05, 0) is 54.7 Å². The maximum absolute atomic E-state index is 13.0. The molecular weight excluding hydrogens is 505 g/mol. The van der Waals surface area contributed by atoms with E-state index in [9.17, 15) is 24.2 Å². The maximum atomic E-state index is 13.0. The first-order valence-corrected chi connectivity index (χ1v) is 13.6. The molecule has 1 aromatic carbocycles. The van der Waals surface area contributed by atoms with Crippen LogP contribution in [0.5, 0.6) is 0 Å². The molecule has 0 radical (unpaired) electrons. The van der Waals surface area contributed by atoms with Gasteiger partial charge in [-0.1, -0.05) is 19.4 Å². The summed E-state index contributed by atoms with van der Waals surface area (Å²) in [5.74, 6) is 0.402. The largest absolute Gasteiger partial charge is 0.364 e. The van der Waals surface area contributed by atoms with Gasteiger partial charge in [-0.2, -0.15) is 0 Å². The van der Waals surface area contributed by atoms with Crippen molar-refractivity contribution < 1.29 is 29.0 Å². The average Bonchev–Trinajstić information content (AvgIpc) is 3.57. The van der Waals surface area contributed by atoms with Gasteiger partial charge in [0.2, 0.25) is 0 Å². The summed E-state index contributed by atoms with van der Waals surface area (Å²) in [6.45, 7) is 2.11. The Morgan fingerprint density at radius 2 is 1.81 bits per heavy atom. The minimum absolute atomic E-state index is 0.0529. The molecule has 5 heterocycles. The Morgan fingerprint density at radius 3 is 2.39 bits per heavy atom. The minimum Gasteiger partial charge on any atom is -0.364 e. The smallest absolute Gasteiger partial charge is 0.310 e. The number of nitrogens with zero attached hydrogens (tertiary/aromatic N) is 3. The second-order valence-electron chi connectivity index (χ2n) is 9.83. The third kappa shape index (κ3) is 4.02. The van der Waals surface area contributed by atoms with Crippen LogP contribution in [0.1, 0.15) is 46.9 Å². The molecule has 13 heteroatoms. The zero-order valence-corrected chi connectivity index (χ0v) is 19.8. The van der Waals surface area contributed by atoms with Gasteiger partial charge in [-0.15, -0.1) is 0 Å². The first-order valence-electron chi connectivity index (χ1n) is 11.7. The van der Waals surface area contributed by atoms with E-state index >= 15 is 0 Å². The molecule has 6 rings (SSSR count). The number of aromatic amines is 1. The van der Waals surface area contributed by atoms with E-state index in [4.69, 9.17) is 9.72 Å². The number of amides is 1. The van der Waals surface area contributed by atoms with Crippen LogP contribution in [0.25, 0.3) is 11.2 Å². The van der Waals surface area contributed by atoms with Crippen LogP contribution in [0, 0.1) is 0 Å². The molecule has 194 valence electrons. The molecule has 0 spiro atoms. The van der Waals surface area contributed by atoms with Crippen molar-refractivity contribution in [2.24, 2.45) is 0 Å². The number of carbonyl (C=O) groups excluding carboxylic acids is 1. The second kappa shape index (κ2) is 7.17. The number of ether oxygens (including phenoxy) is 1. The molecule has 0 aliphatic carbocycles. The second-order valence-corrected chi connectivity index (χ2v) is 12.2. The Labute approximate surface area is 203 Å². The van der Waals surface area contributed by atoms with Gasteiger partial charge in [0.05, 0.1) is 12.1 Å². The number of rotatable bonds is 4. The van der Waals surface area contributed by atoms with Gasteiger partial charge in [-0.3, -0.25) is 4.79 Å². The van der Waals surface area contributed by atoms with E-state index in [1.807, 2.05) is 6.07 Å². The molecule has 7 nitrogen and oxygen atoms in total. The fraction of sp³-hybridized carbons (Fsp3) is 0.435. The number of morpholine rings is 1. The molecule has 2 atom stereocenters. The molecule has 1 amide bonds. The lowest BCUT2D eigenvalue weighted by Gasteiger charge is -2.40. The first kappa shape index (κ1) is 23.6. The fourth-order valence-corrected chi connectivity index (χ4v) is 6.16. The van der Waals surface area contributed by atoms with Gasteiger partial charge in [0.1, 0.15) is 16.3 Å². The monoisotopic (exact) mass is 529 g/mol. The normalized spacial score (nSPS) is 26.8. The summed E-state index contributed by atoms with van der Waals surface area (Å²) in [6.07, 6.45) is 3.83. The molecule has 3 saturated heterocycles. The summed E-state index contributed by atoms with van der Waals surface area (Å²) in [7, 11) is -9.77. The number of hydrogen-bond donors (Lipinski definition) is 2. The van der Waals surface area contributed by atoms with Crippen molar-refractivity contribution >= 4 is 27.3 Å². The molecule has 3 aromatic rings. The summed E-state index contributed by atoms with van der Waals surface area (Å²) < 4.78 is 70.9. The van der Waals surface area contributed by atoms with Crippen molar-refractivity contribution in [1.82, 2.24) is 25.2 Å². The van der Waals surface area contributed by atoms with Crippen molar-refractivity contribution in [1.29, 1.82) is 0 Å². The quantitative estimate of drug-likeness (QED) is 0.453. The first-order chi connectivity index (χ1) is 16.8. The summed E-state index contributed by atoms with van der Waals surface area (Å²) in [5.41, 5.74) is 1.98. The Balaban J connectivity index is 1.17. The van der Waals surface area contributed by atoms with Gasteiger partial charge < -0.3 is 19.9 Å². The highest BCUT2D eigenvalue weighted by molar-refractivity contribution is 8.45. The zero-order chi connectivity index (χ0) is 25.4. The summed E-state index contributed by atoms with van der Waals surface area (Å²) in [4.78, 5) is 24.9. The summed E-state index contributed by atoms with van der Waals surface area (Å²) in [6, 6.07) is 4.45. The number of carbonyl (C=O) groups is 1. The van der Waals surface area contributed by atoms with Crippen molar-refractivity contribution in [3.05, 3.63) is 53.5 Å². The van der Waals surface area contributed by atoms with Crippen molar-refractivity contribution in [2.45, 2.75) is 41.7 Å². The molecule has 3 aliphatic heterocycles. The van der Waals surface area contributed by atoms with Crippen LogP contribution >= 0.6 is 10.2 Å². The number of fused-ring (bicyclic) bond motifs is 3. The number of halogens is 5.